The summed E-state index contributed by atoms with van der Waals surface area (Å²) in [5.74, 6) is -1.98. The molecule has 0 saturated heterocycles. The molecular weight excluding hydrogens is 272 g/mol. The number of H-pyrrole nitrogens is 1. The molecule has 2 atom stereocenters. The van der Waals surface area contributed by atoms with Crippen molar-refractivity contribution in [3.05, 3.63) is 33.7 Å². The first kappa shape index (κ1) is 15.3. The zero-order chi connectivity index (χ0) is 15.4. The Morgan fingerprint density at radius 1 is 1.24 bits per heavy atom. The average molecular weight is 292 g/mol. The molecule has 0 aliphatic heterocycles. The summed E-state index contributed by atoms with van der Waals surface area (Å²) < 4.78 is 0. The van der Waals surface area contributed by atoms with E-state index in [1.54, 1.807) is 13.0 Å². The van der Waals surface area contributed by atoms with Gasteiger partial charge in [0.2, 0.25) is 0 Å². The minimum Gasteiger partial charge on any atom is -0.481 e. The molecule has 6 nitrogen and oxygen atoms in total. The van der Waals surface area contributed by atoms with E-state index in [0.29, 0.717) is 18.5 Å². The number of nitrogens with one attached hydrogen (secondary N) is 2. The summed E-state index contributed by atoms with van der Waals surface area (Å²) in [4.78, 5) is 37.9. The Labute approximate surface area is 122 Å². The summed E-state index contributed by atoms with van der Waals surface area (Å²) in [6.45, 7) is 1.73. The minimum absolute atomic E-state index is 0.0222. The van der Waals surface area contributed by atoms with Crippen LogP contribution < -0.4 is 10.9 Å². The Morgan fingerprint density at radius 2 is 1.95 bits per heavy atom. The Morgan fingerprint density at radius 3 is 2.62 bits per heavy atom. The first-order valence-electron chi connectivity index (χ1n) is 7.22. The van der Waals surface area contributed by atoms with Crippen LogP contribution in [0.1, 0.15) is 48.2 Å². The van der Waals surface area contributed by atoms with Crippen LogP contribution in [0.3, 0.4) is 0 Å². The van der Waals surface area contributed by atoms with Crippen molar-refractivity contribution in [2.45, 2.75) is 45.1 Å². The standard InChI is InChI=1S/C15H20N2O4/c1-9-7-8-11(13(18)16-9)14(19)17-12-6-4-2-3-5-10(12)15(20)21/h7-8,10,12H,2-6H2,1H3,(H,16,18)(H,17,19)(H,20,21)/t10-,12+/m1/s1. The number of aryl methyl sites for hydroxylation is 1. The van der Waals surface area contributed by atoms with Crippen LogP contribution >= 0.6 is 0 Å². The number of carboxylic acids is 1. The van der Waals surface area contributed by atoms with Crippen molar-refractivity contribution in [1.29, 1.82) is 0 Å². The van der Waals surface area contributed by atoms with Gasteiger partial charge >= 0.3 is 5.97 Å². The second kappa shape index (κ2) is 6.56. The van der Waals surface area contributed by atoms with Gasteiger partial charge in [0.1, 0.15) is 5.56 Å². The normalized spacial score (nSPS) is 22.3. The number of aromatic amines is 1. The Kier molecular flexibility index (Phi) is 4.77. The molecule has 6 heteroatoms. The minimum atomic E-state index is -0.889. The van der Waals surface area contributed by atoms with E-state index in [4.69, 9.17) is 0 Å². The van der Waals surface area contributed by atoms with Crippen LogP contribution in [-0.2, 0) is 4.79 Å². The Bertz CT molecular complexity index is 594. The molecule has 1 aliphatic rings. The number of hydrogen-bond acceptors (Lipinski definition) is 3. The molecule has 0 spiro atoms. The molecule has 21 heavy (non-hydrogen) atoms. The molecule has 0 bridgehead atoms. The molecule has 3 N–H and O–H groups in total. The van der Waals surface area contributed by atoms with E-state index < -0.39 is 29.4 Å². The number of hydrogen-bond donors (Lipinski definition) is 3. The molecule has 0 unspecified atom stereocenters. The Hall–Kier alpha value is -2.11. The van der Waals surface area contributed by atoms with E-state index in [-0.39, 0.29) is 5.56 Å². The summed E-state index contributed by atoms with van der Waals surface area (Å²) in [7, 11) is 0. The van der Waals surface area contributed by atoms with Gasteiger partial charge in [-0.25, -0.2) is 0 Å². The predicted molar refractivity (Wildman–Crippen MR) is 77.3 cm³/mol. The summed E-state index contributed by atoms with van der Waals surface area (Å²) >= 11 is 0. The summed E-state index contributed by atoms with van der Waals surface area (Å²) in [6, 6.07) is 2.70. The number of rotatable bonds is 3. The highest BCUT2D eigenvalue weighted by Crippen LogP contribution is 2.24. The molecule has 114 valence electrons. The second-order valence-electron chi connectivity index (χ2n) is 5.55. The molecule has 2 rings (SSSR count). The van der Waals surface area contributed by atoms with Gasteiger partial charge in [-0.05, 0) is 31.9 Å². The van der Waals surface area contributed by atoms with Crippen molar-refractivity contribution >= 4 is 11.9 Å². The maximum Gasteiger partial charge on any atom is 0.308 e. The monoisotopic (exact) mass is 292 g/mol. The van der Waals surface area contributed by atoms with Gasteiger partial charge in [-0.3, -0.25) is 14.4 Å². The van der Waals surface area contributed by atoms with Crippen molar-refractivity contribution in [1.82, 2.24) is 10.3 Å². The van der Waals surface area contributed by atoms with Gasteiger partial charge in [0.05, 0.1) is 5.92 Å². The lowest BCUT2D eigenvalue weighted by Gasteiger charge is -2.22. The third kappa shape index (κ3) is 3.71. The zero-order valence-electron chi connectivity index (χ0n) is 12.0. The second-order valence-corrected chi connectivity index (χ2v) is 5.55. The Balaban J connectivity index is 2.16. The lowest BCUT2D eigenvalue weighted by Crippen LogP contribution is -2.44. The molecule has 1 amide bonds. The van der Waals surface area contributed by atoms with Crippen molar-refractivity contribution in [3.63, 3.8) is 0 Å². The van der Waals surface area contributed by atoms with Gasteiger partial charge in [0, 0.05) is 11.7 Å². The number of aromatic nitrogens is 1. The lowest BCUT2D eigenvalue weighted by molar-refractivity contribution is -0.142. The van der Waals surface area contributed by atoms with E-state index in [0.717, 1.165) is 19.3 Å². The summed E-state index contributed by atoms with van der Waals surface area (Å²) in [5.41, 5.74) is 0.247. The van der Waals surface area contributed by atoms with Crippen molar-refractivity contribution in [3.8, 4) is 0 Å². The third-order valence-corrected chi connectivity index (χ3v) is 3.95. The van der Waals surface area contributed by atoms with Crippen molar-refractivity contribution in [2.75, 3.05) is 0 Å². The van der Waals surface area contributed by atoms with E-state index >= 15 is 0 Å². The topological polar surface area (TPSA) is 99.3 Å². The van der Waals surface area contributed by atoms with E-state index in [1.165, 1.54) is 6.07 Å². The van der Waals surface area contributed by atoms with Crippen LogP contribution in [0.25, 0.3) is 0 Å². The van der Waals surface area contributed by atoms with Gasteiger partial charge in [0.25, 0.3) is 11.5 Å². The third-order valence-electron chi connectivity index (χ3n) is 3.95. The number of carbonyl (C=O) groups is 2. The van der Waals surface area contributed by atoms with E-state index in [9.17, 15) is 19.5 Å². The van der Waals surface area contributed by atoms with Gasteiger partial charge in [-0.1, -0.05) is 19.3 Å². The molecule has 1 aliphatic carbocycles. The first-order valence-corrected chi connectivity index (χ1v) is 7.22. The molecule has 1 saturated carbocycles. The van der Waals surface area contributed by atoms with Crippen molar-refractivity contribution < 1.29 is 14.7 Å². The van der Waals surface area contributed by atoms with Crippen LogP contribution in [0.15, 0.2) is 16.9 Å². The highest BCUT2D eigenvalue weighted by atomic mass is 16.4. The van der Waals surface area contributed by atoms with Gasteiger partial charge in [-0.15, -0.1) is 0 Å². The smallest absolute Gasteiger partial charge is 0.308 e. The molecule has 0 aromatic carbocycles. The van der Waals surface area contributed by atoms with Crippen LogP contribution in [-0.4, -0.2) is 28.0 Å². The molecule has 1 fully saturated rings. The van der Waals surface area contributed by atoms with Crippen LogP contribution in [0.2, 0.25) is 0 Å². The maximum atomic E-state index is 12.2. The number of carbonyl (C=O) groups excluding carboxylic acids is 1. The van der Waals surface area contributed by atoms with E-state index in [2.05, 4.69) is 10.3 Å². The molecule has 1 heterocycles. The molecule has 1 aromatic heterocycles. The van der Waals surface area contributed by atoms with Crippen molar-refractivity contribution in [2.24, 2.45) is 5.92 Å². The summed E-state index contributed by atoms with van der Waals surface area (Å²) in [5, 5.41) is 12.0. The molecule has 0 radical (unpaired) electrons. The van der Waals surface area contributed by atoms with Crippen LogP contribution in [0, 0.1) is 12.8 Å². The average Bonchev–Trinajstić information content (AvgIpc) is 2.63. The molecule has 1 aromatic rings. The van der Waals surface area contributed by atoms with Gasteiger partial charge < -0.3 is 15.4 Å². The quantitative estimate of drug-likeness (QED) is 0.734. The zero-order valence-corrected chi connectivity index (χ0v) is 12.0. The van der Waals surface area contributed by atoms with Gasteiger partial charge in [-0.2, -0.15) is 0 Å². The summed E-state index contributed by atoms with van der Waals surface area (Å²) in [6.07, 6.45) is 3.91. The highest BCUT2D eigenvalue weighted by molar-refractivity contribution is 5.94. The predicted octanol–water partition coefficient (Wildman–Crippen LogP) is 1.45. The first-order chi connectivity index (χ1) is 9.99. The van der Waals surface area contributed by atoms with Crippen LogP contribution in [0.5, 0.6) is 0 Å². The number of amides is 1. The number of pyridine rings is 1. The number of carboxylic acid groups (broad SMARTS) is 1. The lowest BCUT2D eigenvalue weighted by atomic mass is 9.94. The SMILES string of the molecule is Cc1ccc(C(=O)N[C@H]2CCCCC[C@H]2C(=O)O)c(=O)[nH]1. The molecular formula is C15H20N2O4. The maximum absolute atomic E-state index is 12.2. The highest BCUT2D eigenvalue weighted by Gasteiger charge is 2.31. The fourth-order valence-electron chi connectivity index (χ4n) is 2.77. The van der Waals surface area contributed by atoms with Crippen LogP contribution in [0.4, 0.5) is 0 Å². The number of aliphatic carboxylic acids is 1. The van der Waals surface area contributed by atoms with E-state index in [1.807, 2.05) is 0 Å². The largest absolute Gasteiger partial charge is 0.481 e. The fourth-order valence-corrected chi connectivity index (χ4v) is 2.77. The van der Waals surface area contributed by atoms with Gasteiger partial charge in [0.15, 0.2) is 0 Å². The fraction of sp³-hybridized carbons (Fsp3) is 0.533.